The second kappa shape index (κ2) is 6.46. The molecule has 0 aromatic carbocycles. The van der Waals surface area contributed by atoms with Gasteiger partial charge in [0.25, 0.3) is 0 Å². The second-order valence-corrected chi connectivity index (χ2v) is 6.13. The third-order valence-electron chi connectivity index (χ3n) is 3.43. The Labute approximate surface area is 153 Å². The lowest BCUT2D eigenvalue weighted by molar-refractivity contribution is -0.140. The largest absolute Gasteiger partial charge is 0.463 e. The zero-order valence-corrected chi connectivity index (χ0v) is 14.0. The number of furan rings is 2. The molecule has 0 atom stereocenters. The summed E-state index contributed by atoms with van der Waals surface area (Å²) < 4.78 is 51.8. The van der Waals surface area contributed by atoms with Gasteiger partial charge in [0.05, 0.1) is 18.1 Å². The highest BCUT2D eigenvalue weighted by atomic mass is 32.2. The van der Waals surface area contributed by atoms with Gasteiger partial charge in [-0.05, 0) is 42.1 Å². The molecule has 4 heterocycles. The number of hydrogen-bond acceptors (Lipinski definition) is 8. The molecule has 2 N–H and O–H groups in total. The molecule has 0 amide bonds. The lowest BCUT2D eigenvalue weighted by Crippen LogP contribution is -2.13. The summed E-state index contributed by atoms with van der Waals surface area (Å²) in [5.41, 5.74) is -1.03. The molecule has 12 heteroatoms. The predicted octanol–water partition coefficient (Wildman–Crippen LogP) is 3.47. The maximum atomic E-state index is 13.5. The fourth-order valence-corrected chi connectivity index (χ4v) is 3.02. The molecule has 0 spiro atoms. The van der Waals surface area contributed by atoms with E-state index in [0.29, 0.717) is 17.5 Å². The average Bonchev–Trinajstić information content (AvgIpc) is 3.37. The van der Waals surface area contributed by atoms with Gasteiger partial charge in [-0.25, -0.2) is 4.68 Å². The molecular formula is C15H9F3N6O2S. The number of nitrogens with two attached hydrogens (primary N) is 1. The topological polar surface area (TPSA) is 109 Å². The molecule has 27 heavy (non-hydrogen) atoms. The van der Waals surface area contributed by atoms with Crippen molar-refractivity contribution in [1.29, 1.82) is 0 Å². The van der Waals surface area contributed by atoms with Crippen LogP contribution in [0.15, 0.2) is 61.9 Å². The SMILES string of the molecule is Nn1c(Sc2nnc(-c3ccco3)cc2C(F)(F)F)nnc1-c1ccco1. The number of nitrogen functional groups attached to an aromatic ring is 1. The number of aromatic nitrogens is 5. The van der Waals surface area contributed by atoms with Crippen molar-refractivity contribution in [3.63, 3.8) is 0 Å². The third kappa shape index (κ3) is 3.26. The highest BCUT2D eigenvalue weighted by Crippen LogP contribution is 2.39. The van der Waals surface area contributed by atoms with Crippen molar-refractivity contribution >= 4 is 11.8 Å². The summed E-state index contributed by atoms with van der Waals surface area (Å²) in [6.07, 6.45) is -1.92. The van der Waals surface area contributed by atoms with E-state index in [2.05, 4.69) is 20.4 Å². The first-order valence-corrected chi connectivity index (χ1v) is 8.16. The average molecular weight is 394 g/mol. The van der Waals surface area contributed by atoms with E-state index in [0.717, 1.165) is 10.7 Å². The van der Waals surface area contributed by atoms with E-state index in [1.165, 1.54) is 18.6 Å². The molecule has 0 fully saturated rings. The Balaban J connectivity index is 1.72. The molecular weight excluding hydrogens is 385 g/mol. The van der Waals surface area contributed by atoms with Gasteiger partial charge in [0, 0.05) is 0 Å². The van der Waals surface area contributed by atoms with Crippen molar-refractivity contribution in [2.45, 2.75) is 16.4 Å². The van der Waals surface area contributed by atoms with E-state index in [1.54, 1.807) is 18.2 Å². The van der Waals surface area contributed by atoms with Crippen molar-refractivity contribution < 1.29 is 22.0 Å². The lowest BCUT2D eigenvalue weighted by Gasteiger charge is -2.11. The zero-order chi connectivity index (χ0) is 19.0. The quantitative estimate of drug-likeness (QED) is 0.524. The van der Waals surface area contributed by atoms with Crippen molar-refractivity contribution in [1.82, 2.24) is 25.1 Å². The lowest BCUT2D eigenvalue weighted by atomic mass is 10.2. The molecule has 138 valence electrons. The maximum absolute atomic E-state index is 13.5. The molecule has 0 saturated heterocycles. The minimum atomic E-state index is -4.66. The fourth-order valence-electron chi connectivity index (χ4n) is 2.21. The van der Waals surface area contributed by atoms with Crippen LogP contribution in [0.3, 0.4) is 0 Å². The van der Waals surface area contributed by atoms with Crippen LogP contribution < -0.4 is 5.84 Å². The molecule has 0 saturated carbocycles. The third-order valence-corrected chi connectivity index (χ3v) is 4.39. The Hall–Kier alpha value is -3.28. The molecule has 0 aliphatic heterocycles. The van der Waals surface area contributed by atoms with Gasteiger partial charge in [0.15, 0.2) is 11.5 Å². The zero-order valence-electron chi connectivity index (χ0n) is 13.2. The van der Waals surface area contributed by atoms with Gasteiger partial charge < -0.3 is 14.7 Å². The van der Waals surface area contributed by atoms with E-state index < -0.39 is 16.8 Å². The summed E-state index contributed by atoms with van der Waals surface area (Å²) in [5, 5.41) is 14.7. The van der Waals surface area contributed by atoms with E-state index in [4.69, 9.17) is 14.7 Å². The Morgan fingerprint density at radius 2 is 1.67 bits per heavy atom. The Kier molecular flexibility index (Phi) is 4.11. The summed E-state index contributed by atoms with van der Waals surface area (Å²) in [7, 11) is 0. The number of rotatable bonds is 4. The van der Waals surface area contributed by atoms with Crippen molar-refractivity contribution in [2.75, 3.05) is 5.84 Å². The van der Waals surface area contributed by atoms with Gasteiger partial charge in [-0.2, -0.15) is 13.2 Å². The van der Waals surface area contributed by atoms with Gasteiger partial charge in [-0.1, -0.05) is 0 Å². The van der Waals surface area contributed by atoms with Gasteiger partial charge in [0.1, 0.15) is 10.7 Å². The van der Waals surface area contributed by atoms with Gasteiger partial charge in [-0.3, -0.25) is 0 Å². The molecule has 4 aromatic rings. The number of alkyl halides is 3. The minimum Gasteiger partial charge on any atom is -0.463 e. The van der Waals surface area contributed by atoms with Crippen LogP contribution in [-0.4, -0.2) is 25.1 Å². The number of nitrogens with zero attached hydrogens (tertiary/aromatic N) is 5. The molecule has 0 aliphatic carbocycles. The van der Waals surface area contributed by atoms with Crippen LogP contribution in [0.1, 0.15) is 5.56 Å². The second-order valence-electron chi connectivity index (χ2n) is 5.18. The molecule has 8 nitrogen and oxygen atoms in total. The van der Waals surface area contributed by atoms with Crippen molar-refractivity contribution in [3.05, 3.63) is 48.4 Å². The van der Waals surface area contributed by atoms with Crippen LogP contribution in [0.4, 0.5) is 13.2 Å². The summed E-state index contributed by atoms with van der Waals surface area (Å²) in [4.78, 5) is 0. The summed E-state index contributed by atoms with van der Waals surface area (Å²) in [5.74, 6) is 6.54. The molecule has 0 aliphatic rings. The standard InChI is InChI=1S/C15H9F3N6O2S/c16-15(17,18)8-7-9(10-3-1-5-25-10)20-22-13(8)27-14-23-21-12(24(14)19)11-4-2-6-26-11/h1-7H,19H2. The van der Waals surface area contributed by atoms with Gasteiger partial charge in [-0.15, -0.1) is 20.4 Å². The van der Waals surface area contributed by atoms with Crippen LogP contribution in [0.2, 0.25) is 0 Å². The monoisotopic (exact) mass is 394 g/mol. The van der Waals surface area contributed by atoms with Crippen LogP contribution in [-0.2, 0) is 6.18 Å². The van der Waals surface area contributed by atoms with Crippen LogP contribution >= 0.6 is 11.8 Å². The normalized spacial score (nSPS) is 11.8. The first-order valence-electron chi connectivity index (χ1n) is 7.34. The molecule has 4 aromatic heterocycles. The Morgan fingerprint density at radius 3 is 2.30 bits per heavy atom. The Morgan fingerprint density at radius 1 is 0.963 bits per heavy atom. The summed E-state index contributed by atoms with van der Waals surface area (Å²) in [6, 6.07) is 7.11. The summed E-state index contributed by atoms with van der Waals surface area (Å²) >= 11 is 0.590. The smallest absolute Gasteiger partial charge is 0.419 e. The number of halogens is 3. The van der Waals surface area contributed by atoms with Gasteiger partial charge in [0.2, 0.25) is 11.0 Å². The van der Waals surface area contributed by atoms with Gasteiger partial charge >= 0.3 is 6.18 Å². The van der Waals surface area contributed by atoms with Crippen LogP contribution in [0.5, 0.6) is 0 Å². The highest BCUT2D eigenvalue weighted by molar-refractivity contribution is 7.99. The summed E-state index contributed by atoms with van der Waals surface area (Å²) in [6.45, 7) is 0. The molecule has 0 bridgehead atoms. The Bertz CT molecular complexity index is 1060. The van der Waals surface area contributed by atoms with Crippen LogP contribution in [0, 0.1) is 0 Å². The number of hydrogen-bond donors (Lipinski definition) is 1. The molecule has 0 unspecified atom stereocenters. The van der Waals surface area contributed by atoms with Crippen molar-refractivity contribution in [3.8, 4) is 23.0 Å². The minimum absolute atomic E-state index is 0.00745. The first-order chi connectivity index (χ1) is 12.9. The molecule has 0 radical (unpaired) electrons. The fraction of sp³-hybridized carbons (Fsp3) is 0.0667. The van der Waals surface area contributed by atoms with E-state index >= 15 is 0 Å². The predicted molar refractivity (Wildman–Crippen MR) is 86.7 cm³/mol. The van der Waals surface area contributed by atoms with E-state index in [1.807, 2.05) is 0 Å². The van der Waals surface area contributed by atoms with Crippen molar-refractivity contribution in [2.24, 2.45) is 0 Å². The van der Waals surface area contributed by atoms with E-state index in [-0.39, 0.29) is 22.4 Å². The first kappa shape index (κ1) is 17.1. The van der Waals surface area contributed by atoms with Crippen LogP contribution in [0.25, 0.3) is 23.0 Å². The highest BCUT2D eigenvalue weighted by Gasteiger charge is 2.36. The van der Waals surface area contributed by atoms with E-state index in [9.17, 15) is 13.2 Å². The molecule has 4 rings (SSSR count). The maximum Gasteiger partial charge on any atom is 0.419 e.